The lowest BCUT2D eigenvalue weighted by Gasteiger charge is -2.17. The molecule has 0 saturated carbocycles. The molecule has 218 valence electrons. The first-order valence-corrected chi connectivity index (χ1v) is 14.8. The molecule has 0 unspecified atom stereocenters. The summed E-state index contributed by atoms with van der Waals surface area (Å²) in [6, 6.07) is 20.0. The average Bonchev–Trinajstić information content (AvgIpc) is 3.43. The van der Waals surface area contributed by atoms with E-state index in [-0.39, 0.29) is 6.61 Å². The summed E-state index contributed by atoms with van der Waals surface area (Å²) < 4.78 is 9.22. The maximum atomic E-state index is 13.2. The molecule has 6 rings (SSSR count). The van der Waals surface area contributed by atoms with Crippen molar-refractivity contribution in [2.45, 2.75) is 6.61 Å². The van der Waals surface area contributed by atoms with Crippen molar-refractivity contribution in [3.63, 3.8) is 0 Å². The Balaban J connectivity index is 1.32. The van der Waals surface area contributed by atoms with Crippen LogP contribution in [0.1, 0.15) is 5.56 Å². The van der Waals surface area contributed by atoms with E-state index >= 15 is 0 Å². The van der Waals surface area contributed by atoms with Crippen LogP contribution in [-0.2, 0) is 6.61 Å². The topological polar surface area (TPSA) is 85.5 Å². The molecule has 0 spiro atoms. The van der Waals surface area contributed by atoms with Crippen LogP contribution in [0, 0.1) is 0 Å². The number of rotatable bonds is 7. The predicted molar refractivity (Wildman–Crippen MR) is 176 cm³/mol. The van der Waals surface area contributed by atoms with E-state index < -0.39 is 11.4 Å². The van der Waals surface area contributed by atoms with Crippen molar-refractivity contribution in [3.05, 3.63) is 109 Å². The van der Waals surface area contributed by atoms with Gasteiger partial charge in [0.15, 0.2) is 0 Å². The summed E-state index contributed by atoms with van der Waals surface area (Å²) in [7, 11) is 7.37. The first-order valence-electron chi connectivity index (χ1n) is 13.2. The van der Waals surface area contributed by atoms with Crippen molar-refractivity contribution < 1.29 is 4.74 Å². The SMILES string of the molecule is CN(C)c1nc(=O)n(-c2cccc(OCc3csc(-n4c(=O)nc(N(C)C)c5ccc(Cl)cc54)c3)c2)c2cc(Cl)ccc12. The van der Waals surface area contributed by atoms with Gasteiger partial charge in [-0.15, -0.1) is 11.3 Å². The molecule has 0 amide bonds. The Morgan fingerprint density at radius 1 is 0.767 bits per heavy atom. The number of aromatic nitrogens is 4. The Morgan fingerprint density at radius 2 is 1.35 bits per heavy atom. The lowest BCUT2D eigenvalue weighted by Crippen LogP contribution is -2.25. The van der Waals surface area contributed by atoms with Gasteiger partial charge in [-0.1, -0.05) is 29.3 Å². The third-order valence-corrected chi connectivity index (χ3v) is 8.29. The first-order chi connectivity index (χ1) is 20.6. The molecule has 0 fully saturated rings. The van der Waals surface area contributed by atoms with Gasteiger partial charge >= 0.3 is 11.4 Å². The fourth-order valence-electron chi connectivity index (χ4n) is 4.94. The van der Waals surface area contributed by atoms with E-state index in [4.69, 9.17) is 27.9 Å². The van der Waals surface area contributed by atoms with Crippen LogP contribution in [-0.4, -0.2) is 47.3 Å². The summed E-state index contributed by atoms with van der Waals surface area (Å²) in [6.45, 7) is 0.246. The molecule has 0 N–H and O–H groups in total. The quantitative estimate of drug-likeness (QED) is 0.208. The maximum Gasteiger partial charge on any atom is 0.355 e. The van der Waals surface area contributed by atoms with Gasteiger partial charge < -0.3 is 14.5 Å². The largest absolute Gasteiger partial charge is 0.489 e. The average molecular weight is 634 g/mol. The smallest absolute Gasteiger partial charge is 0.355 e. The van der Waals surface area contributed by atoms with E-state index in [9.17, 15) is 9.59 Å². The minimum Gasteiger partial charge on any atom is -0.489 e. The molecule has 0 saturated heterocycles. The second-order valence-electron chi connectivity index (χ2n) is 10.3. The number of halogens is 2. The van der Waals surface area contributed by atoms with Gasteiger partial charge in [0.25, 0.3) is 0 Å². The van der Waals surface area contributed by atoms with Crippen LogP contribution in [0.25, 0.3) is 32.5 Å². The molecular formula is C31H26Cl2N6O3S. The molecule has 3 aromatic carbocycles. The highest BCUT2D eigenvalue weighted by Crippen LogP contribution is 2.30. The minimum atomic E-state index is -0.426. The van der Waals surface area contributed by atoms with Crippen LogP contribution in [0.2, 0.25) is 10.0 Å². The van der Waals surface area contributed by atoms with Crippen molar-refractivity contribution in [1.29, 1.82) is 0 Å². The van der Waals surface area contributed by atoms with Crippen LogP contribution in [0.5, 0.6) is 5.75 Å². The van der Waals surface area contributed by atoms with E-state index in [1.165, 1.54) is 15.9 Å². The molecule has 0 aliphatic heterocycles. The van der Waals surface area contributed by atoms with Gasteiger partial charge in [-0.3, -0.25) is 9.13 Å². The number of hydrogen-bond acceptors (Lipinski definition) is 8. The molecule has 43 heavy (non-hydrogen) atoms. The Hall–Kier alpha value is -4.38. The van der Waals surface area contributed by atoms with Gasteiger partial charge in [-0.2, -0.15) is 9.97 Å². The normalized spacial score (nSPS) is 11.3. The zero-order valence-electron chi connectivity index (χ0n) is 23.7. The third-order valence-electron chi connectivity index (χ3n) is 6.86. The summed E-state index contributed by atoms with van der Waals surface area (Å²) >= 11 is 14.0. The standard InChI is InChI=1S/C31H26Cl2N6O3S/c1-36(2)28-23-10-8-19(32)13-25(23)38(30(40)34-28)21-6-5-7-22(15-21)42-16-18-12-27(43-17-18)39-26-14-20(33)9-11-24(26)29(37(3)4)35-31(39)41/h5-15,17H,16H2,1-4H3. The van der Waals surface area contributed by atoms with Crippen molar-refractivity contribution >= 4 is 68.0 Å². The van der Waals surface area contributed by atoms with Gasteiger partial charge in [-0.25, -0.2) is 9.59 Å². The van der Waals surface area contributed by atoms with Gasteiger partial charge in [0, 0.05) is 60.6 Å². The minimum absolute atomic E-state index is 0.246. The number of nitrogens with zero attached hydrogens (tertiary/aromatic N) is 6. The molecule has 0 atom stereocenters. The highest BCUT2D eigenvalue weighted by atomic mass is 35.5. The van der Waals surface area contributed by atoms with Crippen LogP contribution in [0.15, 0.2) is 81.7 Å². The van der Waals surface area contributed by atoms with E-state index in [0.717, 1.165) is 16.3 Å². The van der Waals surface area contributed by atoms with E-state index in [2.05, 4.69) is 9.97 Å². The summed E-state index contributed by atoms with van der Waals surface area (Å²) in [5.41, 5.74) is 1.96. The molecule has 0 aliphatic rings. The molecule has 0 bridgehead atoms. The highest BCUT2D eigenvalue weighted by Gasteiger charge is 2.17. The number of fused-ring (bicyclic) bond motifs is 2. The molecule has 9 nitrogen and oxygen atoms in total. The number of ether oxygens (including phenoxy) is 1. The van der Waals surface area contributed by atoms with Crippen molar-refractivity contribution in [3.8, 4) is 16.4 Å². The van der Waals surface area contributed by atoms with Crippen molar-refractivity contribution in [1.82, 2.24) is 19.1 Å². The summed E-state index contributed by atoms with van der Waals surface area (Å²) in [5, 5.41) is 5.28. The molecule has 6 aromatic rings. The van der Waals surface area contributed by atoms with E-state index in [0.29, 0.717) is 49.2 Å². The molecule has 0 aliphatic carbocycles. The first kappa shape index (κ1) is 28.7. The van der Waals surface area contributed by atoms with Crippen LogP contribution in [0.4, 0.5) is 11.6 Å². The predicted octanol–water partition coefficient (Wildman–Crippen LogP) is 6.16. The van der Waals surface area contributed by atoms with Crippen molar-refractivity contribution in [2.75, 3.05) is 38.0 Å². The Morgan fingerprint density at radius 3 is 1.95 bits per heavy atom. The monoisotopic (exact) mass is 632 g/mol. The zero-order valence-corrected chi connectivity index (χ0v) is 26.0. The Bertz CT molecular complexity index is 2140. The molecule has 3 heterocycles. The van der Waals surface area contributed by atoms with Crippen LogP contribution < -0.4 is 25.9 Å². The fraction of sp³-hybridized carbons (Fsp3) is 0.161. The zero-order chi connectivity index (χ0) is 30.4. The van der Waals surface area contributed by atoms with Gasteiger partial charge in [0.2, 0.25) is 0 Å². The third kappa shape index (κ3) is 5.45. The van der Waals surface area contributed by atoms with Gasteiger partial charge in [0.05, 0.1) is 16.7 Å². The van der Waals surface area contributed by atoms with Gasteiger partial charge in [0.1, 0.15) is 29.0 Å². The maximum absolute atomic E-state index is 13.2. The van der Waals surface area contributed by atoms with Crippen molar-refractivity contribution in [2.24, 2.45) is 0 Å². The van der Waals surface area contributed by atoms with Gasteiger partial charge in [-0.05, 0) is 60.0 Å². The number of thiophene rings is 1. The van der Waals surface area contributed by atoms with Crippen LogP contribution >= 0.6 is 34.5 Å². The molecule has 12 heteroatoms. The number of hydrogen-bond donors (Lipinski definition) is 0. The number of benzene rings is 3. The summed E-state index contributed by atoms with van der Waals surface area (Å²) in [6.07, 6.45) is 0. The number of anilines is 2. The Labute approximate surface area is 260 Å². The van der Waals surface area contributed by atoms with E-state index in [1.54, 1.807) is 39.8 Å². The van der Waals surface area contributed by atoms with Crippen LogP contribution in [0.3, 0.4) is 0 Å². The lowest BCUT2D eigenvalue weighted by molar-refractivity contribution is 0.306. The van der Waals surface area contributed by atoms with E-state index in [1.807, 2.05) is 74.9 Å². The second-order valence-corrected chi connectivity index (χ2v) is 12.1. The highest BCUT2D eigenvalue weighted by molar-refractivity contribution is 7.12. The fourth-order valence-corrected chi connectivity index (χ4v) is 6.19. The molecular weight excluding hydrogens is 607 g/mol. The second kappa shape index (κ2) is 11.4. The molecule has 3 aromatic heterocycles. The molecule has 0 radical (unpaired) electrons. The summed E-state index contributed by atoms with van der Waals surface area (Å²) in [5.74, 6) is 1.71. The summed E-state index contributed by atoms with van der Waals surface area (Å²) in [4.78, 5) is 38.6. The Kier molecular flexibility index (Phi) is 7.59. The lowest BCUT2D eigenvalue weighted by atomic mass is 10.2.